The van der Waals surface area contributed by atoms with Crippen molar-refractivity contribution in [1.29, 1.82) is 0 Å². The van der Waals surface area contributed by atoms with Crippen LogP contribution in [-0.4, -0.2) is 21.6 Å². The Morgan fingerprint density at radius 2 is 1.92 bits per heavy atom. The Hall–Kier alpha value is -2.95. The minimum absolute atomic E-state index is 0.273. The molecule has 0 radical (unpaired) electrons. The number of hydrogen-bond donors (Lipinski definition) is 0. The summed E-state index contributed by atoms with van der Waals surface area (Å²) in [6.07, 6.45) is 1.71. The van der Waals surface area contributed by atoms with E-state index in [4.69, 9.17) is 4.98 Å². The van der Waals surface area contributed by atoms with Gasteiger partial charge < -0.3 is 9.47 Å². The number of benzene rings is 2. The Kier molecular flexibility index (Phi) is 3.41. The van der Waals surface area contributed by atoms with Gasteiger partial charge in [-0.2, -0.15) is 0 Å². The minimum atomic E-state index is -0.273. The first-order chi connectivity index (χ1) is 11.6. The smallest absolute Gasteiger partial charge is 0.129 e. The highest BCUT2D eigenvalue weighted by molar-refractivity contribution is 5.91. The second kappa shape index (κ2) is 5.60. The Morgan fingerprint density at radius 3 is 2.75 bits per heavy atom. The van der Waals surface area contributed by atoms with Gasteiger partial charge in [0.15, 0.2) is 0 Å². The van der Waals surface area contributed by atoms with E-state index in [9.17, 15) is 4.39 Å². The zero-order valence-corrected chi connectivity index (χ0v) is 13.6. The van der Waals surface area contributed by atoms with Gasteiger partial charge in [-0.3, -0.25) is 4.98 Å². The number of imidazole rings is 1. The summed E-state index contributed by atoms with van der Waals surface area (Å²) in [6.45, 7) is 0.654. The lowest BCUT2D eigenvalue weighted by Gasteiger charge is -2.20. The minimum Gasteiger partial charge on any atom is -0.367 e. The Balaban J connectivity index is 1.73. The molecule has 120 valence electrons. The number of halogens is 1. The van der Waals surface area contributed by atoms with Crippen molar-refractivity contribution >= 4 is 27.6 Å². The predicted molar refractivity (Wildman–Crippen MR) is 94.5 cm³/mol. The van der Waals surface area contributed by atoms with Gasteiger partial charge in [0, 0.05) is 37.4 Å². The standard InChI is InChI=1S/C19H17FN4/c1-23(12-19-22-15-5-3-4-6-18(15)24(19)2)17-9-10-21-16-11-13(20)7-8-14(16)17/h3-11H,12H2,1-2H3. The van der Waals surface area contributed by atoms with Gasteiger partial charge in [-0.15, -0.1) is 0 Å². The maximum atomic E-state index is 13.4. The molecule has 0 aliphatic rings. The van der Waals surface area contributed by atoms with E-state index in [1.54, 1.807) is 12.3 Å². The number of para-hydroxylation sites is 2. The van der Waals surface area contributed by atoms with Crippen LogP contribution in [0, 0.1) is 5.82 Å². The normalized spacial score (nSPS) is 11.3. The average molecular weight is 320 g/mol. The highest BCUT2D eigenvalue weighted by Gasteiger charge is 2.12. The van der Waals surface area contributed by atoms with Gasteiger partial charge in [-0.25, -0.2) is 9.37 Å². The summed E-state index contributed by atoms with van der Waals surface area (Å²) in [6, 6.07) is 14.7. The molecule has 0 amide bonds. The summed E-state index contributed by atoms with van der Waals surface area (Å²) in [7, 11) is 4.04. The molecular weight excluding hydrogens is 303 g/mol. The molecule has 5 heteroatoms. The SMILES string of the molecule is CN(Cc1nc2ccccc2n1C)c1ccnc2cc(F)ccc12. The van der Waals surface area contributed by atoms with Gasteiger partial charge in [0.05, 0.1) is 23.1 Å². The van der Waals surface area contributed by atoms with E-state index in [1.165, 1.54) is 12.1 Å². The highest BCUT2D eigenvalue weighted by Crippen LogP contribution is 2.26. The zero-order valence-electron chi connectivity index (χ0n) is 13.6. The molecule has 0 saturated heterocycles. The lowest BCUT2D eigenvalue weighted by molar-refractivity contribution is 0.629. The van der Waals surface area contributed by atoms with Gasteiger partial charge in [0.25, 0.3) is 0 Å². The van der Waals surface area contributed by atoms with Crippen LogP contribution in [0.4, 0.5) is 10.1 Å². The van der Waals surface area contributed by atoms with Gasteiger partial charge >= 0.3 is 0 Å². The number of rotatable bonds is 3. The number of pyridine rings is 1. The maximum Gasteiger partial charge on any atom is 0.129 e. The van der Waals surface area contributed by atoms with Crippen LogP contribution >= 0.6 is 0 Å². The third kappa shape index (κ3) is 2.38. The first-order valence-electron chi connectivity index (χ1n) is 7.79. The van der Waals surface area contributed by atoms with Gasteiger partial charge in [0.2, 0.25) is 0 Å². The molecule has 0 atom stereocenters. The van der Waals surface area contributed by atoms with Crippen LogP contribution in [0.1, 0.15) is 5.82 Å². The van der Waals surface area contributed by atoms with Crippen molar-refractivity contribution in [2.24, 2.45) is 7.05 Å². The van der Waals surface area contributed by atoms with E-state index >= 15 is 0 Å². The first-order valence-corrected chi connectivity index (χ1v) is 7.79. The lowest BCUT2D eigenvalue weighted by atomic mass is 10.1. The summed E-state index contributed by atoms with van der Waals surface area (Å²) >= 11 is 0. The molecule has 2 aromatic heterocycles. The molecule has 0 aliphatic carbocycles. The monoisotopic (exact) mass is 320 g/mol. The van der Waals surface area contributed by atoms with Crippen LogP contribution in [0.15, 0.2) is 54.7 Å². The molecule has 0 unspecified atom stereocenters. The molecular formula is C19H17FN4. The van der Waals surface area contributed by atoms with Crippen LogP contribution in [0.25, 0.3) is 21.9 Å². The molecule has 4 rings (SSSR count). The fourth-order valence-corrected chi connectivity index (χ4v) is 3.07. The van der Waals surface area contributed by atoms with Crippen molar-refractivity contribution in [2.45, 2.75) is 6.54 Å². The third-order valence-electron chi connectivity index (χ3n) is 4.35. The average Bonchev–Trinajstić information content (AvgIpc) is 2.90. The number of anilines is 1. The third-order valence-corrected chi connectivity index (χ3v) is 4.35. The molecule has 0 aliphatic heterocycles. The number of aryl methyl sites for hydroxylation is 1. The quantitative estimate of drug-likeness (QED) is 0.574. The molecule has 0 N–H and O–H groups in total. The first kappa shape index (κ1) is 14.6. The van der Waals surface area contributed by atoms with Crippen LogP contribution in [0.2, 0.25) is 0 Å². The molecule has 2 aromatic carbocycles. The van der Waals surface area contributed by atoms with Gasteiger partial charge in [0.1, 0.15) is 11.6 Å². The largest absolute Gasteiger partial charge is 0.367 e. The number of aromatic nitrogens is 3. The van der Waals surface area contributed by atoms with Crippen molar-refractivity contribution < 1.29 is 4.39 Å². The van der Waals surface area contributed by atoms with Crippen molar-refractivity contribution in [3.8, 4) is 0 Å². The van der Waals surface area contributed by atoms with Crippen molar-refractivity contribution in [2.75, 3.05) is 11.9 Å². The van der Waals surface area contributed by atoms with E-state index in [2.05, 4.69) is 20.5 Å². The molecule has 4 nitrogen and oxygen atoms in total. The van der Waals surface area contributed by atoms with Crippen molar-refractivity contribution in [3.05, 3.63) is 66.4 Å². The van der Waals surface area contributed by atoms with Crippen LogP contribution in [-0.2, 0) is 13.6 Å². The number of hydrogen-bond acceptors (Lipinski definition) is 3. The van der Waals surface area contributed by atoms with Crippen LogP contribution in [0.3, 0.4) is 0 Å². The van der Waals surface area contributed by atoms with Crippen molar-refractivity contribution in [3.63, 3.8) is 0 Å². The van der Waals surface area contributed by atoms with E-state index < -0.39 is 0 Å². The molecule has 0 saturated carbocycles. The molecule has 2 heterocycles. The number of nitrogens with zero attached hydrogens (tertiary/aromatic N) is 4. The topological polar surface area (TPSA) is 34.0 Å². The van der Waals surface area contributed by atoms with E-state index in [-0.39, 0.29) is 5.82 Å². The second-order valence-electron chi connectivity index (χ2n) is 5.92. The summed E-state index contributed by atoms with van der Waals surface area (Å²) in [5.41, 5.74) is 3.77. The van der Waals surface area contributed by atoms with Crippen molar-refractivity contribution in [1.82, 2.24) is 14.5 Å². The maximum absolute atomic E-state index is 13.4. The highest BCUT2D eigenvalue weighted by atomic mass is 19.1. The van der Waals surface area contributed by atoms with Gasteiger partial charge in [-0.05, 0) is 30.3 Å². The van der Waals surface area contributed by atoms with Crippen LogP contribution in [0.5, 0.6) is 0 Å². The Labute approximate surface area is 139 Å². The fraction of sp³-hybridized carbons (Fsp3) is 0.158. The Morgan fingerprint density at radius 1 is 1.08 bits per heavy atom. The molecule has 0 bridgehead atoms. The summed E-state index contributed by atoms with van der Waals surface area (Å²) in [5, 5.41) is 0.931. The fourth-order valence-electron chi connectivity index (χ4n) is 3.07. The second-order valence-corrected chi connectivity index (χ2v) is 5.92. The number of fused-ring (bicyclic) bond motifs is 2. The molecule has 0 spiro atoms. The summed E-state index contributed by atoms with van der Waals surface area (Å²) in [4.78, 5) is 11.1. The summed E-state index contributed by atoms with van der Waals surface area (Å²) in [5.74, 6) is 0.705. The molecule has 0 fully saturated rings. The summed E-state index contributed by atoms with van der Waals surface area (Å²) < 4.78 is 15.5. The van der Waals surface area contributed by atoms with Crippen LogP contribution < -0.4 is 4.90 Å². The predicted octanol–water partition coefficient (Wildman–Crippen LogP) is 3.90. The lowest BCUT2D eigenvalue weighted by Crippen LogP contribution is -2.19. The zero-order chi connectivity index (χ0) is 16.7. The van der Waals surface area contributed by atoms with Gasteiger partial charge in [-0.1, -0.05) is 12.1 Å². The van der Waals surface area contributed by atoms with E-state index in [0.29, 0.717) is 12.1 Å². The molecule has 4 aromatic rings. The van der Waals surface area contributed by atoms with E-state index in [1.807, 2.05) is 38.4 Å². The Bertz CT molecular complexity index is 1040. The van der Waals surface area contributed by atoms with E-state index in [0.717, 1.165) is 27.9 Å². The molecule has 24 heavy (non-hydrogen) atoms.